The number of nitrogens with one attached hydrogen (secondary N) is 1. The average molecular weight is 435 g/mol. The summed E-state index contributed by atoms with van der Waals surface area (Å²) in [6, 6.07) is 12.8. The number of hydrogen-bond donors (Lipinski definition) is 1. The van der Waals surface area contributed by atoms with Crippen molar-refractivity contribution in [2.24, 2.45) is 5.92 Å². The zero-order valence-corrected chi connectivity index (χ0v) is 18.0. The molecule has 1 aliphatic heterocycles. The Morgan fingerprint density at radius 1 is 1.13 bits per heavy atom. The van der Waals surface area contributed by atoms with E-state index in [9.17, 15) is 13.6 Å². The van der Waals surface area contributed by atoms with E-state index < -0.39 is 11.6 Å². The van der Waals surface area contributed by atoms with Gasteiger partial charge in [0, 0.05) is 24.8 Å². The second-order valence-electron chi connectivity index (χ2n) is 7.34. The Balaban J connectivity index is 0.000000172. The van der Waals surface area contributed by atoms with Crippen molar-refractivity contribution in [1.82, 2.24) is 9.62 Å². The van der Waals surface area contributed by atoms with Gasteiger partial charge in [-0.05, 0) is 30.5 Å². The van der Waals surface area contributed by atoms with Crippen LogP contribution in [0.2, 0.25) is 0 Å². The molecule has 2 aromatic carbocycles. The van der Waals surface area contributed by atoms with Gasteiger partial charge in [-0.2, -0.15) is 0 Å². The molecule has 2 aliphatic rings. The molecule has 0 radical (unpaired) electrons. The van der Waals surface area contributed by atoms with Crippen molar-refractivity contribution in [1.29, 1.82) is 0 Å². The van der Waals surface area contributed by atoms with Crippen molar-refractivity contribution in [3.8, 4) is 11.1 Å². The summed E-state index contributed by atoms with van der Waals surface area (Å²) in [5.74, 6) is 0.622. The van der Waals surface area contributed by atoms with Gasteiger partial charge in [-0.3, -0.25) is 9.52 Å². The van der Waals surface area contributed by atoms with Crippen LogP contribution in [0.4, 0.5) is 8.78 Å². The topological polar surface area (TPSA) is 41.6 Å². The average Bonchev–Trinajstić information content (AvgIpc) is 3.60. The Kier molecular flexibility index (Phi) is 8.66. The van der Waals surface area contributed by atoms with Gasteiger partial charge >= 0.3 is 0 Å². The minimum atomic E-state index is -0.531. The fourth-order valence-corrected chi connectivity index (χ4v) is 3.79. The molecule has 1 heterocycles. The number of carbonyl (C=O) groups is 1. The van der Waals surface area contributed by atoms with Crippen molar-refractivity contribution in [2.75, 3.05) is 32.1 Å². The third-order valence-corrected chi connectivity index (χ3v) is 5.71. The standard InChI is InChI=1S/C12H8F2.C11H20N2O2S/c13-10-7-4-8-11(14)12(10)9-5-2-1-3-6-9;1-2-16-12-10-7-13(5-6-15-8-10)11(14)9-3-4-9/h1-8H;9-10,12H,2-8H2,1H3. The molecule has 1 saturated heterocycles. The predicted octanol–water partition coefficient (Wildman–Crippen LogP) is 4.51. The van der Waals surface area contributed by atoms with Gasteiger partial charge in [-0.15, -0.1) is 0 Å². The molecule has 162 valence electrons. The van der Waals surface area contributed by atoms with E-state index in [1.165, 1.54) is 18.2 Å². The van der Waals surface area contributed by atoms with E-state index >= 15 is 0 Å². The predicted molar refractivity (Wildman–Crippen MR) is 117 cm³/mol. The Hall–Kier alpha value is -1.96. The summed E-state index contributed by atoms with van der Waals surface area (Å²) in [5.41, 5.74) is 0.594. The summed E-state index contributed by atoms with van der Waals surface area (Å²) in [6.45, 7) is 5.05. The summed E-state index contributed by atoms with van der Waals surface area (Å²) >= 11 is 1.69. The normalized spacial score (nSPS) is 18.9. The molecule has 0 bridgehead atoms. The van der Waals surface area contributed by atoms with Crippen LogP contribution in [0.5, 0.6) is 0 Å². The molecular weight excluding hydrogens is 406 g/mol. The zero-order valence-electron chi connectivity index (χ0n) is 17.2. The third kappa shape index (κ3) is 6.52. The fourth-order valence-electron chi connectivity index (χ4n) is 3.25. The van der Waals surface area contributed by atoms with Crippen LogP contribution in [0.1, 0.15) is 19.8 Å². The molecule has 1 N–H and O–H groups in total. The molecule has 1 aliphatic carbocycles. The maximum Gasteiger partial charge on any atom is 0.225 e. The van der Waals surface area contributed by atoms with Gasteiger partial charge in [0.1, 0.15) is 11.6 Å². The lowest BCUT2D eigenvalue weighted by atomic mass is 10.0. The molecule has 1 amide bonds. The Morgan fingerprint density at radius 3 is 2.47 bits per heavy atom. The van der Waals surface area contributed by atoms with Crippen LogP contribution >= 0.6 is 11.9 Å². The Bertz CT molecular complexity index is 798. The molecule has 4 nitrogen and oxygen atoms in total. The molecule has 0 aromatic heterocycles. The van der Waals surface area contributed by atoms with Crippen LogP contribution < -0.4 is 4.72 Å². The second-order valence-corrected chi connectivity index (χ2v) is 8.45. The van der Waals surface area contributed by atoms with E-state index in [1.54, 1.807) is 36.2 Å². The monoisotopic (exact) mass is 434 g/mol. The van der Waals surface area contributed by atoms with E-state index in [-0.39, 0.29) is 11.6 Å². The number of benzene rings is 2. The first-order chi connectivity index (χ1) is 14.6. The van der Waals surface area contributed by atoms with Crippen LogP contribution in [0.15, 0.2) is 48.5 Å². The zero-order chi connectivity index (χ0) is 21.3. The highest BCUT2D eigenvalue weighted by atomic mass is 32.2. The number of nitrogens with zero attached hydrogens (tertiary/aromatic N) is 1. The first-order valence-electron chi connectivity index (χ1n) is 10.3. The number of rotatable bonds is 5. The number of halogens is 2. The van der Waals surface area contributed by atoms with Crippen LogP contribution in [0, 0.1) is 17.6 Å². The Morgan fingerprint density at radius 2 is 1.83 bits per heavy atom. The molecule has 2 aromatic rings. The summed E-state index contributed by atoms with van der Waals surface area (Å²) in [7, 11) is 0. The fraction of sp³-hybridized carbons (Fsp3) is 0.435. The molecule has 0 spiro atoms. The van der Waals surface area contributed by atoms with Crippen molar-refractivity contribution in [2.45, 2.75) is 25.8 Å². The lowest BCUT2D eigenvalue weighted by Crippen LogP contribution is -2.42. The van der Waals surface area contributed by atoms with Gasteiger partial charge in [0.25, 0.3) is 0 Å². The Labute approximate surface area is 181 Å². The number of amides is 1. The van der Waals surface area contributed by atoms with Gasteiger partial charge in [-0.1, -0.05) is 55.3 Å². The molecule has 2 fully saturated rings. The van der Waals surface area contributed by atoms with Gasteiger partial charge in [0.05, 0.1) is 24.8 Å². The first kappa shape index (κ1) is 22.7. The van der Waals surface area contributed by atoms with Gasteiger partial charge in [0.2, 0.25) is 5.91 Å². The highest BCUT2D eigenvalue weighted by Gasteiger charge is 2.34. The van der Waals surface area contributed by atoms with E-state index in [0.717, 1.165) is 31.7 Å². The smallest absolute Gasteiger partial charge is 0.225 e. The molecule has 1 atom stereocenters. The van der Waals surface area contributed by atoms with E-state index in [4.69, 9.17) is 4.74 Å². The lowest BCUT2D eigenvalue weighted by Gasteiger charge is -2.23. The summed E-state index contributed by atoms with van der Waals surface area (Å²) in [5, 5.41) is 0. The van der Waals surface area contributed by atoms with E-state index in [2.05, 4.69) is 11.6 Å². The van der Waals surface area contributed by atoms with E-state index in [1.807, 2.05) is 11.0 Å². The summed E-state index contributed by atoms with van der Waals surface area (Å²) in [4.78, 5) is 13.9. The van der Waals surface area contributed by atoms with Crippen molar-refractivity contribution < 1.29 is 18.3 Å². The first-order valence-corrected chi connectivity index (χ1v) is 11.3. The lowest BCUT2D eigenvalue weighted by molar-refractivity contribution is -0.132. The second kappa shape index (κ2) is 11.4. The highest BCUT2D eigenvalue weighted by molar-refractivity contribution is 7.97. The van der Waals surface area contributed by atoms with E-state index in [0.29, 0.717) is 30.6 Å². The molecule has 30 heavy (non-hydrogen) atoms. The van der Waals surface area contributed by atoms with Crippen molar-refractivity contribution >= 4 is 17.9 Å². The minimum Gasteiger partial charge on any atom is -0.378 e. The quantitative estimate of drug-likeness (QED) is 0.703. The van der Waals surface area contributed by atoms with Crippen LogP contribution in [-0.4, -0.2) is 48.9 Å². The molecule has 4 rings (SSSR count). The van der Waals surface area contributed by atoms with Gasteiger partial charge < -0.3 is 9.64 Å². The number of carbonyl (C=O) groups excluding carboxylic acids is 1. The number of ether oxygens (including phenoxy) is 1. The third-order valence-electron chi connectivity index (χ3n) is 4.92. The summed E-state index contributed by atoms with van der Waals surface area (Å²) in [6.07, 6.45) is 2.16. The van der Waals surface area contributed by atoms with Crippen molar-refractivity contribution in [3.05, 3.63) is 60.2 Å². The van der Waals surface area contributed by atoms with Crippen LogP contribution in [-0.2, 0) is 9.53 Å². The molecule has 7 heteroatoms. The van der Waals surface area contributed by atoms with Crippen LogP contribution in [0.25, 0.3) is 11.1 Å². The highest BCUT2D eigenvalue weighted by Crippen LogP contribution is 2.31. The minimum absolute atomic E-state index is 0.0353. The van der Waals surface area contributed by atoms with Crippen molar-refractivity contribution in [3.63, 3.8) is 0 Å². The summed E-state index contributed by atoms with van der Waals surface area (Å²) < 4.78 is 35.5. The molecule has 1 unspecified atom stereocenters. The maximum atomic E-state index is 13.3. The molecular formula is C23H28F2N2O2S. The number of hydrogen-bond acceptors (Lipinski definition) is 4. The van der Waals surface area contributed by atoms with Gasteiger partial charge in [-0.25, -0.2) is 8.78 Å². The largest absolute Gasteiger partial charge is 0.378 e. The van der Waals surface area contributed by atoms with Crippen LogP contribution in [0.3, 0.4) is 0 Å². The molecule has 1 saturated carbocycles. The van der Waals surface area contributed by atoms with Gasteiger partial charge in [0.15, 0.2) is 0 Å². The SMILES string of the molecule is CCSNC1COCCN(C(=O)C2CC2)C1.Fc1cccc(F)c1-c1ccccc1. The maximum absolute atomic E-state index is 13.3.